The molecule has 0 unspecified atom stereocenters. The molecule has 0 radical (unpaired) electrons. The summed E-state index contributed by atoms with van der Waals surface area (Å²) in [6.45, 7) is 0. The molecule has 0 aliphatic rings. The average molecular weight is 240 g/mol. The van der Waals surface area contributed by atoms with Crippen molar-refractivity contribution in [3.8, 4) is 0 Å². The van der Waals surface area contributed by atoms with E-state index in [2.05, 4.69) is 25.9 Å². The minimum absolute atomic E-state index is 0.285. The Bertz CT molecular complexity index is 243. The van der Waals surface area contributed by atoms with Gasteiger partial charge in [0.1, 0.15) is 5.03 Å². The summed E-state index contributed by atoms with van der Waals surface area (Å²) in [4.78, 5) is 7.74. The van der Waals surface area contributed by atoms with Crippen LogP contribution in [0.2, 0.25) is 5.28 Å². The molecule has 0 spiro atoms. The fourth-order valence-corrected chi connectivity index (χ4v) is 1.76. The zero-order chi connectivity index (χ0) is 7.56. The van der Waals surface area contributed by atoms with E-state index in [1.165, 1.54) is 11.8 Å². The molecule has 0 N–H and O–H groups in total. The normalized spacial score (nSPS) is 9.90. The fraction of sp³-hybridized carbons (Fsp3) is 0.200. The predicted molar refractivity (Wildman–Crippen MR) is 46.5 cm³/mol. The number of hydrogen-bond acceptors (Lipinski definition) is 3. The Hall–Kier alpha value is 0.200. The molecular weight excluding hydrogens is 235 g/mol. The maximum Gasteiger partial charge on any atom is 0.223 e. The van der Waals surface area contributed by atoms with Gasteiger partial charge in [0.15, 0.2) is 0 Å². The number of hydrogen-bond donors (Lipinski definition) is 0. The lowest BCUT2D eigenvalue weighted by Crippen LogP contribution is -1.84. The van der Waals surface area contributed by atoms with Crippen molar-refractivity contribution < 1.29 is 0 Å². The third kappa shape index (κ3) is 1.84. The second-order valence-corrected chi connectivity index (χ2v) is 3.48. The fourth-order valence-electron chi connectivity index (χ4n) is 0.474. The van der Waals surface area contributed by atoms with Gasteiger partial charge >= 0.3 is 0 Å². The van der Waals surface area contributed by atoms with Crippen molar-refractivity contribution in [3.05, 3.63) is 16.0 Å². The maximum absolute atomic E-state index is 5.54. The minimum Gasteiger partial charge on any atom is -0.225 e. The van der Waals surface area contributed by atoms with E-state index in [1.807, 2.05) is 6.26 Å². The van der Waals surface area contributed by atoms with Crippen molar-refractivity contribution in [2.45, 2.75) is 5.03 Å². The molecule has 1 aromatic rings. The molecule has 1 heterocycles. The van der Waals surface area contributed by atoms with Crippen LogP contribution in [-0.4, -0.2) is 16.2 Å². The molecule has 2 nitrogen and oxygen atoms in total. The van der Waals surface area contributed by atoms with Crippen LogP contribution >= 0.6 is 39.3 Å². The smallest absolute Gasteiger partial charge is 0.223 e. The van der Waals surface area contributed by atoms with Crippen LogP contribution < -0.4 is 0 Å². The molecule has 0 saturated heterocycles. The van der Waals surface area contributed by atoms with Gasteiger partial charge in [-0.2, -0.15) is 0 Å². The highest BCUT2D eigenvalue weighted by Crippen LogP contribution is 2.22. The zero-order valence-corrected chi connectivity index (χ0v) is 8.29. The Morgan fingerprint density at radius 1 is 1.70 bits per heavy atom. The number of thioether (sulfide) groups is 1. The van der Waals surface area contributed by atoms with E-state index >= 15 is 0 Å². The van der Waals surface area contributed by atoms with Crippen LogP contribution in [0.4, 0.5) is 0 Å². The molecule has 0 saturated carbocycles. The van der Waals surface area contributed by atoms with Gasteiger partial charge in [0.05, 0.1) is 4.47 Å². The van der Waals surface area contributed by atoms with Gasteiger partial charge in [-0.3, -0.25) is 0 Å². The first-order chi connectivity index (χ1) is 4.74. The summed E-state index contributed by atoms with van der Waals surface area (Å²) in [6, 6.07) is 0. The van der Waals surface area contributed by atoms with Crippen LogP contribution in [0.3, 0.4) is 0 Å². The molecule has 0 fully saturated rings. The van der Waals surface area contributed by atoms with E-state index in [0.717, 1.165) is 9.50 Å². The van der Waals surface area contributed by atoms with Gasteiger partial charge in [-0.05, 0) is 33.8 Å². The minimum atomic E-state index is 0.285. The number of rotatable bonds is 1. The van der Waals surface area contributed by atoms with Gasteiger partial charge in [-0.25, -0.2) is 9.97 Å². The second-order valence-electron chi connectivity index (χ2n) is 1.50. The summed E-state index contributed by atoms with van der Waals surface area (Å²) >= 11 is 10.4. The lowest BCUT2D eigenvalue weighted by Gasteiger charge is -1.96. The van der Waals surface area contributed by atoms with Crippen molar-refractivity contribution in [1.82, 2.24) is 9.97 Å². The first kappa shape index (κ1) is 8.30. The van der Waals surface area contributed by atoms with E-state index < -0.39 is 0 Å². The predicted octanol–water partition coefficient (Wildman–Crippen LogP) is 2.61. The molecule has 0 aliphatic carbocycles. The number of nitrogens with zero attached hydrogens (tertiary/aromatic N) is 2. The Kier molecular flexibility index (Phi) is 2.95. The van der Waals surface area contributed by atoms with Crippen molar-refractivity contribution in [1.29, 1.82) is 0 Å². The van der Waals surface area contributed by atoms with Crippen LogP contribution in [0.25, 0.3) is 0 Å². The Morgan fingerprint density at radius 3 is 2.90 bits per heavy atom. The van der Waals surface area contributed by atoms with Crippen LogP contribution in [0.1, 0.15) is 0 Å². The molecule has 0 amide bonds. The summed E-state index contributed by atoms with van der Waals surface area (Å²) in [7, 11) is 0. The first-order valence-corrected chi connectivity index (χ1v) is 4.85. The van der Waals surface area contributed by atoms with Gasteiger partial charge in [-0.1, -0.05) is 0 Å². The summed E-state index contributed by atoms with van der Waals surface area (Å²) in [6.07, 6.45) is 3.57. The molecular formula is C5H4BrClN2S. The van der Waals surface area contributed by atoms with E-state index in [-0.39, 0.29) is 5.28 Å². The van der Waals surface area contributed by atoms with Crippen molar-refractivity contribution in [2.75, 3.05) is 6.26 Å². The summed E-state index contributed by atoms with van der Waals surface area (Å²) in [5.74, 6) is 0. The molecule has 0 atom stereocenters. The number of halogens is 2. The maximum atomic E-state index is 5.54. The summed E-state index contributed by atoms with van der Waals surface area (Å²) < 4.78 is 0.879. The van der Waals surface area contributed by atoms with E-state index in [4.69, 9.17) is 11.6 Å². The second kappa shape index (κ2) is 3.55. The van der Waals surface area contributed by atoms with Gasteiger partial charge in [0.25, 0.3) is 0 Å². The van der Waals surface area contributed by atoms with Crippen molar-refractivity contribution >= 4 is 39.3 Å². The van der Waals surface area contributed by atoms with Crippen LogP contribution in [-0.2, 0) is 0 Å². The van der Waals surface area contributed by atoms with Crippen LogP contribution in [0, 0.1) is 0 Å². The highest BCUT2D eigenvalue weighted by Gasteiger charge is 2.00. The Morgan fingerprint density at radius 2 is 2.40 bits per heavy atom. The van der Waals surface area contributed by atoms with Crippen molar-refractivity contribution in [2.24, 2.45) is 0 Å². The van der Waals surface area contributed by atoms with Crippen LogP contribution in [0.5, 0.6) is 0 Å². The molecule has 1 rings (SSSR count). The topological polar surface area (TPSA) is 25.8 Å². The standard InChI is InChI=1S/C5H4BrClN2S/c1-10-4-3(6)2-8-5(7)9-4/h2H,1H3. The highest BCUT2D eigenvalue weighted by molar-refractivity contribution is 9.10. The number of aromatic nitrogens is 2. The lowest BCUT2D eigenvalue weighted by molar-refractivity contribution is 1.03. The molecule has 54 valence electrons. The highest BCUT2D eigenvalue weighted by atomic mass is 79.9. The van der Waals surface area contributed by atoms with Gasteiger partial charge in [-0.15, -0.1) is 11.8 Å². The van der Waals surface area contributed by atoms with Crippen LogP contribution in [0.15, 0.2) is 15.7 Å². The Balaban J connectivity index is 3.09. The molecule has 0 aliphatic heterocycles. The molecule has 0 bridgehead atoms. The Labute approximate surface area is 76.5 Å². The van der Waals surface area contributed by atoms with Gasteiger partial charge < -0.3 is 0 Å². The SMILES string of the molecule is CSc1nc(Cl)ncc1Br. The first-order valence-electron chi connectivity index (χ1n) is 2.46. The molecule has 5 heteroatoms. The van der Waals surface area contributed by atoms with Crippen molar-refractivity contribution in [3.63, 3.8) is 0 Å². The molecule has 0 aromatic carbocycles. The zero-order valence-electron chi connectivity index (χ0n) is 5.14. The van der Waals surface area contributed by atoms with E-state index in [9.17, 15) is 0 Å². The summed E-state index contributed by atoms with van der Waals surface area (Å²) in [5, 5.41) is 1.15. The average Bonchev–Trinajstić information content (AvgIpc) is 1.94. The van der Waals surface area contributed by atoms with Gasteiger partial charge in [0.2, 0.25) is 5.28 Å². The quantitative estimate of drug-likeness (QED) is 0.428. The molecule has 10 heavy (non-hydrogen) atoms. The third-order valence-electron chi connectivity index (χ3n) is 0.876. The van der Waals surface area contributed by atoms with Gasteiger partial charge in [0, 0.05) is 6.20 Å². The third-order valence-corrected chi connectivity index (χ3v) is 2.60. The van der Waals surface area contributed by atoms with E-state index in [1.54, 1.807) is 6.20 Å². The molecule has 1 aromatic heterocycles. The largest absolute Gasteiger partial charge is 0.225 e. The summed E-state index contributed by atoms with van der Waals surface area (Å²) in [5.41, 5.74) is 0. The monoisotopic (exact) mass is 238 g/mol. The lowest BCUT2D eigenvalue weighted by atomic mass is 10.7. The van der Waals surface area contributed by atoms with E-state index in [0.29, 0.717) is 0 Å².